The molecule has 5 N–H and O–H groups in total. The van der Waals surface area contributed by atoms with Gasteiger partial charge in [0, 0.05) is 30.4 Å². The zero-order valence-corrected chi connectivity index (χ0v) is 13.1. The zero-order valence-electron chi connectivity index (χ0n) is 13.1. The molecule has 0 heterocycles. The van der Waals surface area contributed by atoms with Crippen molar-refractivity contribution in [2.45, 2.75) is 13.5 Å². The summed E-state index contributed by atoms with van der Waals surface area (Å²) in [6.07, 6.45) is 0. The summed E-state index contributed by atoms with van der Waals surface area (Å²) in [6.45, 7) is 1.75. The van der Waals surface area contributed by atoms with Gasteiger partial charge in [-0.2, -0.15) is 0 Å². The Balaban J connectivity index is 1.96. The highest BCUT2D eigenvalue weighted by molar-refractivity contribution is 6.04. The van der Waals surface area contributed by atoms with Gasteiger partial charge in [0.2, 0.25) is 5.91 Å². The van der Waals surface area contributed by atoms with Gasteiger partial charge in [-0.3, -0.25) is 9.59 Å². The Hall–Kier alpha value is -3.35. The van der Waals surface area contributed by atoms with Crippen LogP contribution in [0, 0.1) is 0 Å². The Labute approximate surface area is 139 Å². The second-order valence-corrected chi connectivity index (χ2v) is 5.13. The lowest BCUT2D eigenvalue weighted by molar-refractivity contribution is -0.114. The molecule has 7 heteroatoms. The molecule has 0 saturated carbocycles. The van der Waals surface area contributed by atoms with E-state index in [0.717, 1.165) is 5.56 Å². The molecule has 0 aliphatic rings. The fourth-order valence-corrected chi connectivity index (χ4v) is 2.01. The van der Waals surface area contributed by atoms with Crippen LogP contribution in [-0.2, 0) is 11.3 Å². The van der Waals surface area contributed by atoms with Crippen LogP contribution in [0.25, 0.3) is 0 Å². The molecular weight excluding hydrogens is 308 g/mol. The Morgan fingerprint density at radius 1 is 0.875 bits per heavy atom. The highest BCUT2D eigenvalue weighted by Crippen LogP contribution is 2.13. The molecule has 0 fully saturated rings. The minimum Gasteiger partial charge on any atom is -0.352 e. The quantitative estimate of drug-likeness (QED) is 0.674. The number of nitrogens with two attached hydrogens (primary N) is 1. The van der Waals surface area contributed by atoms with Crippen molar-refractivity contribution in [2.75, 3.05) is 10.6 Å². The number of carbonyl (C=O) groups excluding carboxylic acids is 3. The molecule has 7 nitrogen and oxygen atoms in total. The molecule has 0 unspecified atom stereocenters. The summed E-state index contributed by atoms with van der Waals surface area (Å²) in [5.74, 6) is -0.425. The number of anilines is 2. The topological polar surface area (TPSA) is 113 Å². The van der Waals surface area contributed by atoms with Crippen LogP contribution >= 0.6 is 0 Å². The van der Waals surface area contributed by atoms with Gasteiger partial charge in [0.1, 0.15) is 0 Å². The van der Waals surface area contributed by atoms with Crippen LogP contribution in [0.3, 0.4) is 0 Å². The van der Waals surface area contributed by atoms with Gasteiger partial charge in [-0.25, -0.2) is 4.79 Å². The van der Waals surface area contributed by atoms with Crippen molar-refractivity contribution in [2.24, 2.45) is 5.73 Å². The third-order valence-electron chi connectivity index (χ3n) is 3.15. The number of hydrogen-bond donors (Lipinski definition) is 4. The fourth-order valence-electron chi connectivity index (χ4n) is 2.01. The van der Waals surface area contributed by atoms with Crippen LogP contribution in [0.5, 0.6) is 0 Å². The molecule has 0 aliphatic carbocycles. The number of amides is 4. The van der Waals surface area contributed by atoms with Gasteiger partial charge in [0.25, 0.3) is 5.91 Å². The number of hydrogen-bond acceptors (Lipinski definition) is 3. The summed E-state index contributed by atoms with van der Waals surface area (Å²) in [5, 5.41) is 7.90. The molecule has 0 spiro atoms. The number of nitrogens with one attached hydrogen (secondary N) is 3. The van der Waals surface area contributed by atoms with E-state index in [1.807, 2.05) is 0 Å². The second kappa shape index (κ2) is 7.77. The van der Waals surface area contributed by atoms with Gasteiger partial charge < -0.3 is 21.7 Å². The highest BCUT2D eigenvalue weighted by atomic mass is 16.2. The molecule has 24 heavy (non-hydrogen) atoms. The van der Waals surface area contributed by atoms with Crippen molar-refractivity contribution in [1.82, 2.24) is 5.32 Å². The zero-order chi connectivity index (χ0) is 17.5. The van der Waals surface area contributed by atoms with Crippen molar-refractivity contribution in [3.63, 3.8) is 0 Å². The molecule has 2 aromatic carbocycles. The number of primary amides is 1. The van der Waals surface area contributed by atoms with E-state index in [-0.39, 0.29) is 11.8 Å². The van der Waals surface area contributed by atoms with Crippen molar-refractivity contribution in [1.29, 1.82) is 0 Å². The van der Waals surface area contributed by atoms with Gasteiger partial charge in [-0.1, -0.05) is 12.1 Å². The van der Waals surface area contributed by atoms with Crippen molar-refractivity contribution < 1.29 is 14.4 Å². The SMILES string of the molecule is CC(=O)Nc1ccc(C(=O)Nc2ccc(CNC(N)=O)cc2)cc1. The lowest BCUT2D eigenvalue weighted by Crippen LogP contribution is -2.28. The minimum absolute atomic E-state index is 0.168. The average molecular weight is 326 g/mol. The molecule has 0 radical (unpaired) electrons. The van der Waals surface area contributed by atoms with Gasteiger partial charge in [0.15, 0.2) is 0 Å². The second-order valence-electron chi connectivity index (χ2n) is 5.13. The van der Waals surface area contributed by atoms with E-state index in [2.05, 4.69) is 16.0 Å². The molecule has 4 amide bonds. The molecule has 0 atom stereocenters. The van der Waals surface area contributed by atoms with E-state index < -0.39 is 6.03 Å². The van der Waals surface area contributed by atoms with Crippen LogP contribution in [0.2, 0.25) is 0 Å². The predicted molar refractivity (Wildman–Crippen MR) is 91.6 cm³/mol. The smallest absolute Gasteiger partial charge is 0.312 e. The predicted octanol–water partition coefficient (Wildman–Crippen LogP) is 2.07. The third kappa shape index (κ3) is 5.13. The first-order valence-electron chi connectivity index (χ1n) is 7.25. The lowest BCUT2D eigenvalue weighted by atomic mass is 10.1. The summed E-state index contributed by atoms with van der Waals surface area (Å²) in [6, 6.07) is 13.0. The average Bonchev–Trinajstić information content (AvgIpc) is 2.54. The van der Waals surface area contributed by atoms with Gasteiger partial charge in [-0.15, -0.1) is 0 Å². The molecule has 0 aromatic heterocycles. The van der Waals surface area contributed by atoms with E-state index in [4.69, 9.17) is 5.73 Å². The lowest BCUT2D eigenvalue weighted by Gasteiger charge is -2.08. The summed E-state index contributed by atoms with van der Waals surface area (Å²) >= 11 is 0. The fraction of sp³-hybridized carbons (Fsp3) is 0.118. The Morgan fingerprint density at radius 2 is 1.42 bits per heavy atom. The maximum Gasteiger partial charge on any atom is 0.312 e. The molecule has 2 aromatic rings. The first-order valence-corrected chi connectivity index (χ1v) is 7.25. The van der Waals surface area contributed by atoms with E-state index in [9.17, 15) is 14.4 Å². The summed E-state index contributed by atoms with van der Waals surface area (Å²) in [5.41, 5.74) is 7.61. The van der Waals surface area contributed by atoms with Crippen LogP contribution in [-0.4, -0.2) is 17.8 Å². The maximum atomic E-state index is 12.2. The molecule has 0 saturated heterocycles. The Morgan fingerprint density at radius 3 is 1.96 bits per heavy atom. The first kappa shape index (κ1) is 17.0. The van der Waals surface area contributed by atoms with E-state index in [1.54, 1.807) is 48.5 Å². The summed E-state index contributed by atoms with van der Waals surface area (Å²) in [4.78, 5) is 33.8. The highest BCUT2D eigenvalue weighted by Gasteiger charge is 2.06. The largest absolute Gasteiger partial charge is 0.352 e. The van der Waals surface area contributed by atoms with E-state index >= 15 is 0 Å². The summed E-state index contributed by atoms with van der Waals surface area (Å²) in [7, 11) is 0. The Bertz CT molecular complexity index is 739. The van der Waals surface area contributed by atoms with Crippen molar-refractivity contribution in [3.05, 3.63) is 59.7 Å². The van der Waals surface area contributed by atoms with Crippen LogP contribution in [0.15, 0.2) is 48.5 Å². The Kier molecular flexibility index (Phi) is 5.51. The maximum absolute atomic E-state index is 12.2. The number of rotatable bonds is 5. The monoisotopic (exact) mass is 326 g/mol. The number of carbonyl (C=O) groups is 3. The van der Waals surface area contributed by atoms with Crippen LogP contribution < -0.4 is 21.7 Å². The molecule has 0 bridgehead atoms. The first-order chi connectivity index (χ1) is 11.4. The van der Waals surface area contributed by atoms with Crippen LogP contribution in [0.4, 0.5) is 16.2 Å². The van der Waals surface area contributed by atoms with E-state index in [1.165, 1.54) is 6.92 Å². The minimum atomic E-state index is -0.588. The standard InChI is InChI=1S/C17H18N4O3/c1-11(22)20-14-8-4-13(5-9-14)16(23)21-15-6-2-12(3-7-15)10-19-17(18)24/h2-9H,10H2,1H3,(H,20,22)(H,21,23)(H3,18,19,24). The third-order valence-corrected chi connectivity index (χ3v) is 3.15. The van der Waals surface area contributed by atoms with Gasteiger partial charge >= 0.3 is 6.03 Å². The normalized spacial score (nSPS) is 9.88. The van der Waals surface area contributed by atoms with Gasteiger partial charge in [0.05, 0.1) is 0 Å². The number of urea groups is 1. The van der Waals surface area contributed by atoms with Crippen molar-refractivity contribution >= 4 is 29.2 Å². The van der Waals surface area contributed by atoms with Gasteiger partial charge in [-0.05, 0) is 42.0 Å². The molecule has 124 valence electrons. The van der Waals surface area contributed by atoms with Crippen molar-refractivity contribution in [3.8, 4) is 0 Å². The van der Waals surface area contributed by atoms with Crippen LogP contribution in [0.1, 0.15) is 22.8 Å². The molecular formula is C17H18N4O3. The van der Waals surface area contributed by atoms with E-state index in [0.29, 0.717) is 23.5 Å². The summed E-state index contributed by atoms with van der Waals surface area (Å²) < 4.78 is 0. The molecule has 2 rings (SSSR count). The molecule has 0 aliphatic heterocycles. The number of benzene rings is 2.